The quantitative estimate of drug-likeness (QED) is 0.524. The Labute approximate surface area is 174 Å². The number of nitrogens with one attached hydrogen (secondary N) is 1. The van der Waals surface area contributed by atoms with E-state index in [-0.39, 0.29) is 11.8 Å². The average Bonchev–Trinajstić information content (AvgIpc) is 3.45. The molecule has 3 heterocycles. The summed E-state index contributed by atoms with van der Waals surface area (Å²) in [6.45, 7) is 1.65. The van der Waals surface area contributed by atoms with Crippen LogP contribution in [0.5, 0.6) is 5.75 Å². The average molecular weight is 401 g/mol. The van der Waals surface area contributed by atoms with Gasteiger partial charge in [0.05, 0.1) is 11.0 Å². The Morgan fingerprint density at radius 2 is 1.93 bits per heavy atom. The molecule has 6 heteroatoms. The molecule has 1 aliphatic rings. The fourth-order valence-corrected chi connectivity index (χ4v) is 3.95. The third kappa shape index (κ3) is 3.81. The van der Waals surface area contributed by atoms with Crippen LogP contribution in [0.2, 0.25) is 0 Å². The molecule has 1 saturated heterocycles. The van der Waals surface area contributed by atoms with E-state index in [4.69, 9.17) is 14.1 Å². The lowest BCUT2D eigenvalue weighted by molar-refractivity contribution is 0.0668. The van der Waals surface area contributed by atoms with E-state index < -0.39 is 0 Å². The van der Waals surface area contributed by atoms with Gasteiger partial charge in [-0.15, -0.1) is 0 Å². The van der Waals surface area contributed by atoms with Crippen LogP contribution in [0.25, 0.3) is 11.0 Å². The number of H-pyrrole nitrogens is 1. The molecule has 1 atom stereocenters. The first-order valence-electron chi connectivity index (χ1n) is 10.3. The summed E-state index contributed by atoms with van der Waals surface area (Å²) in [7, 11) is 0. The van der Waals surface area contributed by atoms with Crippen LogP contribution >= 0.6 is 0 Å². The van der Waals surface area contributed by atoms with Crippen molar-refractivity contribution >= 4 is 16.9 Å². The molecular weight excluding hydrogens is 378 g/mol. The van der Waals surface area contributed by atoms with Crippen LogP contribution in [-0.2, 0) is 6.61 Å². The van der Waals surface area contributed by atoms with Crippen LogP contribution in [-0.4, -0.2) is 33.9 Å². The lowest BCUT2D eigenvalue weighted by Gasteiger charge is -2.31. The van der Waals surface area contributed by atoms with Gasteiger partial charge >= 0.3 is 0 Å². The summed E-state index contributed by atoms with van der Waals surface area (Å²) in [4.78, 5) is 23.0. The molecule has 0 spiro atoms. The molecule has 2 aromatic heterocycles. The van der Waals surface area contributed by atoms with Gasteiger partial charge in [-0.2, -0.15) is 0 Å². The number of ether oxygens (including phenoxy) is 1. The maximum atomic E-state index is 13.0. The van der Waals surface area contributed by atoms with Crippen LogP contribution in [0, 0.1) is 0 Å². The zero-order valence-corrected chi connectivity index (χ0v) is 16.6. The van der Waals surface area contributed by atoms with Crippen molar-refractivity contribution < 1.29 is 13.9 Å². The normalized spacial score (nSPS) is 16.7. The van der Waals surface area contributed by atoms with Gasteiger partial charge in [0.1, 0.15) is 23.9 Å². The van der Waals surface area contributed by atoms with Crippen molar-refractivity contribution in [2.75, 3.05) is 13.1 Å². The molecule has 2 aromatic carbocycles. The number of likely N-dealkylation sites (tertiary alicyclic amines) is 1. The van der Waals surface area contributed by atoms with E-state index in [0.29, 0.717) is 24.7 Å². The molecule has 1 fully saturated rings. The van der Waals surface area contributed by atoms with Gasteiger partial charge in [0, 0.05) is 19.0 Å². The van der Waals surface area contributed by atoms with Crippen LogP contribution in [0.1, 0.15) is 40.9 Å². The summed E-state index contributed by atoms with van der Waals surface area (Å²) in [6.07, 6.45) is 1.95. The zero-order chi connectivity index (χ0) is 20.3. The first kappa shape index (κ1) is 18.5. The molecule has 0 radical (unpaired) electrons. The fraction of sp³-hybridized carbons (Fsp3) is 0.250. The van der Waals surface area contributed by atoms with E-state index in [1.165, 1.54) is 0 Å². The molecular formula is C24H23N3O3. The van der Waals surface area contributed by atoms with E-state index >= 15 is 0 Å². The third-order valence-corrected chi connectivity index (χ3v) is 5.50. The molecule has 4 aromatic rings. The minimum absolute atomic E-state index is 0.0817. The predicted molar refractivity (Wildman–Crippen MR) is 113 cm³/mol. The summed E-state index contributed by atoms with van der Waals surface area (Å²) in [5.74, 6) is 2.82. The summed E-state index contributed by atoms with van der Waals surface area (Å²) >= 11 is 0. The molecule has 1 aliphatic heterocycles. The zero-order valence-electron chi connectivity index (χ0n) is 16.6. The van der Waals surface area contributed by atoms with E-state index in [2.05, 4.69) is 4.98 Å². The summed E-state index contributed by atoms with van der Waals surface area (Å²) in [5, 5.41) is 0. The number of aromatic nitrogens is 2. The van der Waals surface area contributed by atoms with Gasteiger partial charge in [-0.1, -0.05) is 30.3 Å². The molecule has 30 heavy (non-hydrogen) atoms. The molecule has 0 aliphatic carbocycles. The van der Waals surface area contributed by atoms with Crippen LogP contribution in [0.3, 0.4) is 0 Å². The summed E-state index contributed by atoms with van der Waals surface area (Å²) in [6, 6.07) is 21.1. The highest BCUT2D eigenvalue weighted by molar-refractivity contribution is 5.91. The first-order chi connectivity index (χ1) is 14.8. The molecule has 1 amide bonds. The standard InChI is InChI=1S/C24H23N3O3/c28-24(22-13-12-19(30-22)16-29-18-8-2-1-3-9-18)27-14-6-7-17(15-27)23-25-20-10-4-5-11-21(20)26-23/h1-5,8-13,17H,6-7,14-16H2,(H,25,26)/t17-/m1/s1. The maximum Gasteiger partial charge on any atom is 0.289 e. The Bertz CT molecular complexity index is 1120. The number of imidazole rings is 1. The van der Waals surface area contributed by atoms with Crippen molar-refractivity contribution in [3.8, 4) is 5.75 Å². The van der Waals surface area contributed by atoms with Crippen LogP contribution in [0.15, 0.2) is 71.1 Å². The van der Waals surface area contributed by atoms with Gasteiger partial charge in [-0.3, -0.25) is 4.79 Å². The monoisotopic (exact) mass is 401 g/mol. The Hall–Kier alpha value is -3.54. The highest BCUT2D eigenvalue weighted by Gasteiger charge is 2.28. The highest BCUT2D eigenvalue weighted by atomic mass is 16.5. The number of carbonyl (C=O) groups excluding carboxylic acids is 1. The maximum absolute atomic E-state index is 13.0. The molecule has 1 N–H and O–H groups in total. The minimum atomic E-state index is -0.0817. The largest absolute Gasteiger partial charge is 0.486 e. The molecule has 0 saturated carbocycles. The number of hydrogen-bond acceptors (Lipinski definition) is 4. The number of aromatic amines is 1. The van der Waals surface area contributed by atoms with Crippen LogP contribution in [0.4, 0.5) is 0 Å². The first-order valence-corrected chi connectivity index (χ1v) is 10.3. The lowest BCUT2D eigenvalue weighted by atomic mass is 9.97. The second kappa shape index (κ2) is 8.06. The Kier molecular flexibility index (Phi) is 4.97. The smallest absolute Gasteiger partial charge is 0.289 e. The minimum Gasteiger partial charge on any atom is -0.486 e. The van der Waals surface area contributed by atoms with Gasteiger partial charge in [0.15, 0.2) is 5.76 Å². The van der Waals surface area contributed by atoms with Crippen molar-refractivity contribution in [1.82, 2.24) is 14.9 Å². The lowest BCUT2D eigenvalue weighted by Crippen LogP contribution is -2.39. The van der Waals surface area contributed by atoms with Crippen molar-refractivity contribution in [2.45, 2.75) is 25.4 Å². The van der Waals surface area contributed by atoms with Gasteiger partial charge < -0.3 is 19.0 Å². The second-order valence-electron chi connectivity index (χ2n) is 7.60. The molecule has 0 bridgehead atoms. The molecule has 152 valence electrons. The number of amides is 1. The van der Waals surface area contributed by atoms with Gasteiger partial charge in [-0.25, -0.2) is 4.98 Å². The van der Waals surface area contributed by atoms with Crippen LogP contribution < -0.4 is 4.74 Å². The van der Waals surface area contributed by atoms with Crippen molar-refractivity contribution in [3.05, 3.63) is 84.1 Å². The number of carbonyl (C=O) groups is 1. The number of para-hydroxylation sites is 3. The fourth-order valence-electron chi connectivity index (χ4n) is 3.95. The Morgan fingerprint density at radius 3 is 2.80 bits per heavy atom. The molecule has 0 unspecified atom stereocenters. The van der Waals surface area contributed by atoms with Gasteiger partial charge in [0.2, 0.25) is 0 Å². The number of piperidine rings is 1. The molecule has 5 rings (SSSR count). The van der Waals surface area contributed by atoms with E-state index in [1.807, 2.05) is 59.5 Å². The van der Waals surface area contributed by atoms with E-state index in [0.717, 1.165) is 42.0 Å². The summed E-state index contributed by atoms with van der Waals surface area (Å²) in [5.41, 5.74) is 2.00. The number of hydrogen-bond donors (Lipinski definition) is 1. The second-order valence-corrected chi connectivity index (χ2v) is 7.60. The van der Waals surface area contributed by atoms with Crippen molar-refractivity contribution in [2.24, 2.45) is 0 Å². The summed E-state index contributed by atoms with van der Waals surface area (Å²) < 4.78 is 11.5. The Balaban J connectivity index is 1.25. The Morgan fingerprint density at radius 1 is 1.10 bits per heavy atom. The molecule has 6 nitrogen and oxygen atoms in total. The van der Waals surface area contributed by atoms with Crippen molar-refractivity contribution in [1.29, 1.82) is 0 Å². The van der Waals surface area contributed by atoms with Gasteiger partial charge in [0.25, 0.3) is 5.91 Å². The number of rotatable bonds is 5. The topological polar surface area (TPSA) is 71.4 Å². The predicted octanol–water partition coefficient (Wildman–Crippen LogP) is 4.75. The van der Waals surface area contributed by atoms with E-state index in [9.17, 15) is 4.79 Å². The number of nitrogens with zero attached hydrogens (tertiary/aromatic N) is 2. The number of fused-ring (bicyclic) bond motifs is 1. The van der Waals surface area contributed by atoms with E-state index in [1.54, 1.807) is 12.1 Å². The van der Waals surface area contributed by atoms with Crippen molar-refractivity contribution in [3.63, 3.8) is 0 Å². The third-order valence-electron chi connectivity index (χ3n) is 5.50. The highest BCUT2D eigenvalue weighted by Crippen LogP contribution is 2.28. The number of furan rings is 1. The SMILES string of the molecule is O=C(c1ccc(COc2ccccc2)o1)N1CCC[C@@H](c2nc3ccccc3[nH]2)C1. The number of benzene rings is 2. The van der Waals surface area contributed by atoms with Gasteiger partial charge in [-0.05, 0) is 49.2 Å².